The van der Waals surface area contributed by atoms with Gasteiger partial charge < -0.3 is 14.8 Å². The van der Waals surface area contributed by atoms with Crippen molar-refractivity contribution in [3.05, 3.63) is 23.8 Å². The molecule has 1 aliphatic rings. The predicted octanol–water partition coefficient (Wildman–Crippen LogP) is 1.01. The zero-order chi connectivity index (χ0) is 15.5. The molecule has 21 heavy (non-hydrogen) atoms. The Hall–Kier alpha value is -1.76. The molecular weight excluding hydrogens is 294 g/mol. The Morgan fingerprint density at radius 2 is 2.14 bits per heavy atom. The number of methoxy groups -OCH3 is 1. The Balaban J connectivity index is 2.09. The molecule has 116 valence electrons. The number of sulfone groups is 1. The van der Waals surface area contributed by atoms with Crippen molar-refractivity contribution < 1.29 is 22.7 Å². The summed E-state index contributed by atoms with van der Waals surface area (Å²) in [6, 6.07) is 4.57. The maximum atomic E-state index is 12.1. The third-order valence-electron chi connectivity index (χ3n) is 3.29. The van der Waals surface area contributed by atoms with E-state index in [-0.39, 0.29) is 23.5 Å². The molecule has 1 atom stereocenters. The van der Waals surface area contributed by atoms with Crippen LogP contribution in [0.25, 0.3) is 0 Å². The van der Waals surface area contributed by atoms with Gasteiger partial charge in [0, 0.05) is 11.6 Å². The van der Waals surface area contributed by atoms with Gasteiger partial charge in [0.05, 0.1) is 25.2 Å². The molecule has 1 aliphatic heterocycles. The van der Waals surface area contributed by atoms with Crippen molar-refractivity contribution in [1.82, 2.24) is 5.32 Å². The highest BCUT2D eigenvalue weighted by Crippen LogP contribution is 2.28. The van der Waals surface area contributed by atoms with Gasteiger partial charge in [-0.25, -0.2) is 8.42 Å². The Bertz CT molecular complexity index is 626. The second-order valence-electron chi connectivity index (χ2n) is 4.87. The van der Waals surface area contributed by atoms with Crippen LogP contribution in [0.5, 0.6) is 11.5 Å². The van der Waals surface area contributed by atoms with Gasteiger partial charge in [-0.3, -0.25) is 4.79 Å². The molecule has 2 rings (SSSR count). The lowest BCUT2D eigenvalue weighted by Gasteiger charge is -2.13. The molecule has 1 aromatic rings. The molecule has 1 fully saturated rings. The molecule has 1 saturated heterocycles. The average molecular weight is 313 g/mol. The normalized spacial score (nSPS) is 20.0. The fourth-order valence-corrected chi connectivity index (χ4v) is 3.93. The van der Waals surface area contributed by atoms with Crippen LogP contribution >= 0.6 is 0 Å². The van der Waals surface area contributed by atoms with Crippen LogP contribution in [-0.4, -0.2) is 45.6 Å². The number of carbonyl (C=O) groups is 1. The summed E-state index contributed by atoms with van der Waals surface area (Å²) < 4.78 is 33.4. The molecule has 1 unspecified atom stereocenters. The smallest absolute Gasteiger partial charge is 0.251 e. The van der Waals surface area contributed by atoms with Gasteiger partial charge in [-0.15, -0.1) is 0 Å². The third kappa shape index (κ3) is 3.87. The molecule has 0 spiro atoms. The first-order chi connectivity index (χ1) is 9.95. The Morgan fingerprint density at radius 3 is 2.71 bits per heavy atom. The minimum absolute atomic E-state index is 0.00685. The number of benzene rings is 1. The van der Waals surface area contributed by atoms with Crippen LogP contribution in [0.2, 0.25) is 0 Å². The summed E-state index contributed by atoms with van der Waals surface area (Å²) in [5.74, 6) is 0.874. The van der Waals surface area contributed by atoms with E-state index in [0.29, 0.717) is 30.1 Å². The number of ether oxygens (including phenoxy) is 2. The zero-order valence-electron chi connectivity index (χ0n) is 12.1. The predicted molar refractivity (Wildman–Crippen MR) is 78.7 cm³/mol. The monoisotopic (exact) mass is 313 g/mol. The van der Waals surface area contributed by atoms with Crippen molar-refractivity contribution in [1.29, 1.82) is 0 Å². The van der Waals surface area contributed by atoms with Crippen LogP contribution in [-0.2, 0) is 9.84 Å². The number of rotatable bonds is 5. The molecule has 1 N–H and O–H groups in total. The second kappa shape index (κ2) is 6.34. The van der Waals surface area contributed by atoms with E-state index in [1.807, 2.05) is 6.92 Å². The van der Waals surface area contributed by atoms with Gasteiger partial charge in [0.2, 0.25) is 0 Å². The quantitative estimate of drug-likeness (QED) is 0.877. The highest BCUT2D eigenvalue weighted by molar-refractivity contribution is 7.91. The fourth-order valence-electron chi connectivity index (χ4n) is 2.26. The van der Waals surface area contributed by atoms with E-state index < -0.39 is 9.84 Å². The summed E-state index contributed by atoms with van der Waals surface area (Å²) >= 11 is 0. The number of hydrogen-bond donors (Lipinski definition) is 1. The summed E-state index contributed by atoms with van der Waals surface area (Å²) in [5.41, 5.74) is 0.416. The molecule has 6 nitrogen and oxygen atoms in total. The molecule has 7 heteroatoms. The van der Waals surface area contributed by atoms with E-state index in [4.69, 9.17) is 9.47 Å². The van der Waals surface area contributed by atoms with Crippen LogP contribution in [0.3, 0.4) is 0 Å². The number of nitrogens with one attached hydrogen (secondary N) is 1. The Labute approximate surface area is 124 Å². The molecular formula is C14H19NO5S. The maximum Gasteiger partial charge on any atom is 0.251 e. The van der Waals surface area contributed by atoms with Gasteiger partial charge in [-0.2, -0.15) is 0 Å². The van der Waals surface area contributed by atoms with E-state index in [1.54, 1.807) is 18.2 Å². The van der Waals surface area contributed by atoms with Crippen LogP contribution in [0, 0.1) is 0 Å². The van der Waals surface area contributed by atoms with Crippen LogP contribution < -0.4 is 14.8 Å². The summed E-state index contributed by atoms with van der Waals surface area (Å²) in [4.78, 5) is 12.1. The summed E-state index contributed by atoms with van der Waals surface area (Å²) in [6.45, 7) is 2.36. The SMILES string of the molecule is CCOc1ccc(C(=O)NC2CCS(=O)(=O)C2)cc1OC. The molecule has 0 aromatic heterocycles. The maximum absolute atomic E-state index is 12.1. The fraction of sp³-hybridized carbons (Fsp3) is 0.500. The number of amides is 1. The minimum atomic E-state index is -3.01. The Morgan fingerprint density at radius 1 is 1.38 bits per heavy atom. The van der Waals surface area contributed by atoms with Gasteiger partial charge in [0.25, 0.3) is 5.91 Å². The van der Waals surface area contributed by atoms with Gasteiger partial charge in [-0.1, -0.05) is 0 Å². The van der Waals surface area contributed by atoms with Gasteiger partial charge in [0.15, 0.2) is 21.3 Å². The lowest BCUT2D eigenvalue weighted by Crippen LogP contribution is -2.35. The van der Waals surface area contributed by atoms with E-state index in [1.165, 1.54) is 7.11 Å². The molecule has 1 aromatic carbocycles. The van der Waals surface area contributed by atoms with E-state index in [9.17, 15) is 13.2 Å². The number of carbonyl (C=O) groups excluding carboxylic acids is 1. The van der Waals surface area contributed by atoms with Crippen molar-refractivity contribution in [2.45, 2.75) is 19.4 Å². The van der Waals surface area contributed by atoms with E-state index in [0.717, 1.165) is 0 Å². The van der Waals surface area contributed by atoms with E-state index >= 15 is 0 Å². The van der Waals surface area contributed by atoms with Gasteiger partial charge in [0.1, 0.15) is 0 Å². The van der Waals surface area contributed by atoms with Gasteiger partial charge >= 0.3 is 0 Å². The lowest BCUT2D eigenvalue weighted by molar-refractivity contribution is 0.0940. The number of hydrogen-bond acceptors (Lipinski definition) is 5. The first-order valence-corrected chi connectivity index (χ1v) is 8.59. The first-order valence-electron chi connectivity index (χ1n) is 6.77. The van der Waals surface area contributed by atoms with E-state index in [2.05, 4.69) is 5.32 Å². The Kier molecular flexibility index (Phi) is 4.72. The zero-order valence-corrected chi connectivity index (χ0v) is 12.9. The largest absolute Gasteiger partial charge is 0.493 e. The molecule has 0 bridgehead atoms. The first kappa shape index (κ1) is 15.6. The van der Waals surface area contributed by atoms with Crippen LogP contribution in [0.15, 0.2) is 18.2 Å². The summed E-state index contributed by atoms with van der Waals surface area (Å²) in [6.07, 6.45) is 0.461. The van der Waals surface area contributed by atoms with Crippen LogP contribution in [0.4, 0.5) is 0 Å². The molecule has 1 heterocycles. The minimum Gasteiger partial charge on any atom is -0.493 e. The molecule has 1 amide bonds. The van der Waals surface area contributed by atoms with Crippen molar-refractivity contribution in [2.75, 3.05) is 25.2 Å². The highest BCUT2D eigenvalue weighted by Gasteiger charge is 2.29. The van der Waals surface area contributed by atoms with Crippen molar-refractivity contribution in [2.24, 2.45) is 0 Å². The summed E-state index contributed by atoms with van der Waals surface area (Å²) in [5, 5.41) is 2.74. The average Bonchev–Trinajstić information content (AvgIpc) is 2.78. The molecule has 0 saturated carbocycles. The topological polar surface area (TPSA) is 81.7 Å². The third-order valence-corrected chi connectivity index (χ3v) is 5.06. The second-order valence-corrected chi connectivity index (χ2v) is 7.10. The van der Waals surface area contributed by atoms with Gasteiger partial charge in [-0.05, 0) is 31.5 Å². The van der Waals surface area contributed by atoms with Crippen LogP contribution in [0.1, 0.15) is 23.7 Å². The van der Waals surface area contributed by atoms with Crippen molar-refractivity contribution in [3.8, 4) is 11.5 Å². The highest BCUT2D eigenvalue weighted by atomic mass is 32.2. The molecule has 0 aliphatic carbocycles. The summed E-state index contributed by atoms with van der Waals surface area (Å²) in [7, 11) is -1.51. The van der Waals surface area contributed by atoms with Crippen molar-refractivity contribution >= 4 is 15.7 Å². The van der Waals surface area contributed by atoms with Crippen molar-refractivity contribution in [3.63, 3.8) is 0 Å². The lowest BCUT2D eigenvalue weighted by atomic mass is 10.1. The molecule has 0 radical (unpaired) electrons. The standard InChI is InChI=1S/C14H19NO5S/c1-3-20-12-5-4-10(8-13(12)19-2)14(16)15-11-6-7-21(17,18)9-11/h4-5,8,11H,3,6-7,9H2,1-2H3,(H,15,16).